The molecule has 2 aromatic heterocycles. The Hall–Kier alpha value is -2.31. The van der Waals surface area contributed by atoms with Crippen molar-refractivity contribution in [2.24, 2.45) is 0 Å². The minimum absolute atomic E-state index is 0.108. The molecule has 3 heterocycles. The highest BCUT2D eigenvalue weighted by Crippen LogP contribution is 2.28. The van der Waals surface area contributed by atoms with Crippen LogP contribution in [0.5, 0.6) is 0 Å². The Kier molecular flexibility index (Phi) is 4.13. The monoisotopic (exact) mass is 301 g/mol. The van der Waals surface area contributed by atoms with Crippen molar-refractivity contribution in [1.82, 2.24) is 25.1 Å². The first-order valence-corrected chi connectivity index (χ1v) is 7.57. The average Bonchev–Trinajstić information content (AvgIpc) is 3.05. The topological polar surface area (TPSA) is 85.0 Å². The van der Waals surface area contributed by atoms with E-state index >= 15 is 0 Å². The molecule has 0 saturated carbocycles. The van der Waals surface area contributed by atoms with Crippen molar-refractivity contribution in [3.63, 3.8) is 0 Å². The number of carbonyl (C=O) groups excluding carboxylic acids is 1. The molecule has 2 aromatic rings. The lowest BCUT2D eigenvalue weighted by molar-refractivity contribution is -0.132. The molecule has 0 N–H and O–H groups in total. The van der Waals surface area contributed by atoms with Gasteiger partial charge in [0, 0.05) is 31.9 Å². The molecule has 1 aliphatic heterocycles. The van der Waals surface area contributed by atoms with Crippen molar-refractivity contribution in [3.05, 3.63) is 24.1 Å². The van der Waals surface area contributed by atoms with E-state index in [0.29, 0.717) is 36.1 Å². The van der Waals surface area contributed by atoms with Gasteiger partial charge >= 0.3 is 0 Å². The van der Waals surface area contributed by atoms with E-state index in [1.165, 1.54) is 0 Å². The zero-order chi connectivity index (χ0) is 15.5. The van der Waals surface area contributed by atoms with Gasteiger partial charge in [0.15, 0.2) is 0 Å². The van der Waals surface area contributed by atoms with Crippen LogP contribution in [0.15, 0.2) is 16.8 Å². The minimum Gasteiger partial charge on any atom is -0.420 e. The first kappa shape index (κ1) is 14.6. The maximum atomic E-state index is 11.8. The molecule has 22 heavy (non-hydrogen) atoms. The molecule has 3 rings (SSSR count). The summed E-state index contributed by atoms with van der Waals surface area (Å²) in [5.41, 5.74) is 0.710. The molecule has 0 spiro atoms. The van der Waals surface area contributed by atoms with E-state index in [-0.39, 0.29) is 11.8 Å². The molecule has 7 nitrogen and oxygen atoms in total. The van der Waals surface area contributed by atoms with Crippen LogP contribution in [0.2, 0.25) is 0 Å². The van der Waals surface area contributed by atoms with Crippen molar-refractivity contribution in [2.45, 2.75) is 39.0 Å². The lowest BCUT2D eigenvalue weighted by atomic mass is 9.98. The van der Waals surface area contributed by atoms with Gasteiger partial charge in [0.05, 0.1) is 11.5 Å². The zero-order valence-electron chi connectivity index (χ0n) is 12.8. The lowest BCUT2D eigenvalue weighted by Gasteiger charge is -2.30. The van der Waals surface area contributed by atoms with E-state index in [1.807, 2.05) is 18.7 Å². The summed E-state index contributed by atoms with van der Waals surface area (Å²) >= 11 is 0. The Morgan fingerprint density at radius 1 is 1.36 bits per heavy atom. The lowest BCUT2D eigenvalue weighted by Crippen LogP contribution is -2.38. The molecule has 1 aliphatic rings. The highest BCUT2D eigenvalue weighted by Gasteiger charge is 2.27. The van der Waals surface area contributed by atoms with Crippen LogP contribution in [0.3, 0.4) is 0 Å². The summed E-state index contributed by atoms with van der Waals surface area (Å²) < 4.78 is 5.77. The van der Waals surface area contributed by atoms with Gasteiger partial charge in [0.1, 0.15) is 5.82 Å². The Morgan fingerprint density at radius 3 is 2.86 bits per heavy atom. The van der Waals surface area contributed by atoms with Crippen molar-refractivity contribution in [1.29, 1.82) is 0 Å². The van der Waals surface area contributed by atoms with Crippen molar-refractivity contribution >= 4 is 5.91 Å². The second-order valence-corrected chi connectivity index (χ2v) is 5.50. The molecule has 7 heteroatoms. The first-order valence-electron chi connectivity index (χ1n) is 7.57. The average molecular weight is 301 g/mol. The Bertz CT molecular complexity index is 652. The van der Waals surface area contributed by atoms with Gasteiger partial charge in [-0.2, -0.15) is 0 Å². The fourth-order valence-electron chi connectivity index (χ4n) is 2.65. The van der Waals surface area contributed by atoms with Gasteiger partial charge in [0.25, 0.3) is 5.89 Å². The third kappa shape index (κ3) is 2.98. The number of rotatable bonds is 3. The number of amides is 1. The van der Waals surface area contributed by atoms with E-state index in [4.69, 9.17) is 4.42 Å². The number of aryl methyl sites for hydroxylation is 1. The number of hydrogen-bond acceptors (Lipinski definition) is 6. The fourth-order valence-corrected chi connectivity index (χ4v) is 2.65. The van der Waals surface area contributed by atoms with Gasteiger partial charge < -0.3 is 9.32 Å². The summed E-state index contributed by atoms with van der Waals surface area (Å²) in [6.07, 6.45) is 5.80. The fraction of sp³-hybridized carbons (Fsp3) is 0.533. The van der Waals surface area contributed by atoms with Gasteiger partial charge in [-0.05, 0) is 19.8 Å². The van der Waals surface area contributed by atoms with Gasteiger partial charge in [-0.15, -0.1) is 10.2 Å². The minimum atomic E-state index is 0.108. The Morgan fingerprint density at radius 2 is 2.14 bits per heavy atom. The second kappa shape index (κ2) is 6.21. The van der Waals surface area contributed by atoms with E-state index in [1.54, 1.807) is 12.4 Å². The third-order valence-electron chi connectivity index (χ3n) is 3.89. The number of likely N-dealkylation sites (tertiary alicyclic amines) is 1. The van der Waals surface area contributed by atoms with Crippen molar-refractivity contribution in [2.75, 3.05) is 13.1 Å². The predicted molar refractivity (Wildman–Crippen MR) is 78.9 cm³/mol. The highest BCUT2D eigenvalue weighted by molar-refractivity contribution is 5.75. The van der Waals surface area contributed by atoms with E-state index in [9.17, 15) is 4.79 Å². The maximum absolute atomic E-state index is 11.8. The largest absolute Gasteiger partial charge is 0.420 e. The van der Waals surface area contributed by atoms with Crippen LogP contribution in [0.4, 0.5) is 0 Å². The second-order valence-electron chi connectivity index (χ2n) is 5.50. The molecule has 116 valence electrons. The zero-order valence-corrected chi connectivity index (χ0v) is 12.8. The number of nitrogens with zero attached hydrogens (tertiary/aromatic N) is 5. The molecule has 0 unspecified atom stereocenters. The molecule has 0 bridgehead atoms. The quantitative estimate of drug-likeness (QED) is 0.861. The smallest absolute Gasteiger partial charge is 0.250 e. The highest BCUT2D eigenvalue weighted by atomic mass is 16.4. The van der Waals surface area contributed by atoms with Crippen LogP contribution < -0.4 is 0 Å². The summed E-state index contributed by atoms with van der Waals surface area (Å²) in [4.78, 5) is 22.0. The molecule has 0 aromatic carbocycles. The first-order chi connectivity index (χ1) is 10.7. The Balaban J connectivity index is 1.75. The normalized spacial score (nSPS) is 18.5. The molecule has 1 saturated heterocycles. The summed E-state index contributed by atoms with van der Waals surface area (Å²) in [5.74, 6) is 2.00. The molecule has 1 amide bonds. The number of hydrogen-bond donors (Lipinski definition) is 0. The number of aromatic nitrogens is 4. The molecule has 1 atom stereocenters. The molecule has 0 radical (unpaired) electrons. The summed E-state index contributed by atoms with van der Waals surface area (Å²) in [7, 11) is 0. The van der Waals surface area contributed by atoms with Crippen molar-refractivity contribution < 1.29 is 9.21 Å². The summed E-state index contributed by atoms with van der Waals surface area (Å²) in [5, 5.41) is 8.23. The van der Waals surface area contributed by atoms with Gasteiger partial charge in [0.2, 0.25) is 11.8 Å². The van der Waals surface area contributed by atoms with Crippen LogP contribution in [-0.4, -0.2) is 44.1 Å². The summed E-state index contributed by atoms with van der Waals surface area (Å²) in [6.45, 7) is 5.17. The number of carbonyl (C=O) groups is 1. The van der Waals surface area contributed by atoms with E-state index in [2.05, 4.69) is 20.2 Å². The van der Waals surface area contributed by atoms with Gasteiger partial charge in [-0.3, -0.25) is 4.79 Å². The van der Waals surface area contributed by atoms with Gasteiger partial charge in [-0.1, -0.05) is 6.92 Å². The standard InChI is InChI=1S/C15H19N5O2/c1-3-13(21)20-6-4-5-11(9-20)14-18-19-15(22-14)12-7-16-10(2)17-8-12/h7-8,11H,3-6,9H2,1-2H3/t11-/m0/s1. The van der Waals surface area contributed by atoms with Crippen molar-refractivity contribution in [3.8, 4) is 11.5 Å². The SMILES string of the molecule is CCC(=O)N1CCC[C@H](c2nnc(-c3cnc(C)nc3)o2)C1. The Labute approximate surface area is 128 Å². The molecular weight excluding hydrogens is 282 g/mol. The van der Waals surface area contributed by atoms with Crippen LogP contribution >= 0.6 is 0 Å². The van der Waals surface area contributed by atoms with Crippen LogP contribution in [0.25, 0.3) is 11.5 Å². The van der Waals surface area contributed by atoms with Crippen LogP contribution in [0, 0.1) is 6.92 Å². The van der Waals surface area contributed by atoms with Crippen LogP contribution in [0.1, 0.15) is 43.8 Å². The maximum Gasteiger partial charge on any atom is 0.250 e. The molecule has 0 aliphatic carbocycles. The third-order valence-corrected chi connectivity index (χ3v) is 3.89. The predicted octanol–water partition coefficient (Wildman–Crippen LogP) is 1.95. The van der Waals surface area contributed by atoms with Crippen LogP contribution in [-0.2, 0) is 4.79 Å². The molecular formula is C15H19N5O2. The van der Waals surface area contributed by atoms with Gasteiger partial charge in [-0.25, -0.2) is 9.97 Å². The van der Waals surface area contributed by atoms with E-state index < -0.39 is 0 Å². The number of piperidine rings is 1. The molecule has 1 fully saturated rings. The van der Waals surface area contributed by atoms with E-state index in [0.717, 1.165) is 19.4 Å². The summed E-state index contributed by atoms with van der Waals surface area (Å²) in [6, 6.07) is 0.